The van der Waals surface area contributed by atoms with Crippen molar-refractivity contribution in [3.63, 3.8) is 0 Å². The zero-order valence-corrected chi connectivity index (χ0v) is 8.03. The van der Waals surface area contributed by atoms with Crippen LogP contribution in [-0.2, 0) is 11.2 Å². The molecule has 0 fully saturated rings. The molecule has 0 saturated heterocycles. The van der Waals surface area contributed by atoms with E-state index in [4.69, 9.17) is 0 Å². The molecule has 0 radical (unpaired) electrons. The Hall–Kier alpha value is -1.38. The zero-order valence-electron chi connectivity index (χ0n) is 8.03. The number of alkyl halides is 1. The van der Waals surface area contributed by atoms with Crippen LogP contribution in [0, 0.1) is 0 Å². The minimum absolute atomic E-state index is 0.0325. The van der Waals surface area contributed by atoms with Gasteiger partial charge in [0.1, 0.15) is 18.2 Å². The van der Waals surface area contributed by atoms with Crippen molar-refractivity contribution in [1.82, 2.24) is 0 Å². The summed E-state index contributed by atoms with van der Waals surface area (Å²) in [6.07, 6.45) is 0.644. The van der Waals surface area contributed by atoms with Gasteiger partial charge in [0.2, 0.25) is 0 Å². The molecule has 1 atom stereocenters. The van der Waals surface area contributed by atoms with Gasteiger partial charge in [0, 0.05) is 12.0 Å². The fourth-order valence-corrected chi connectivity index (χ4v) is 1.30. The SMILES string of the molecule is CC(F)c1cc(CCC=O)ccc1O. The Labute approximate surface area is 82.4 Å². The van der Waals surface area contributed by atoms with E-state index in [9.17, 15) is 14.3 Å². The Kier molecular flexibility index (Phi) is 3.63. The maximum atomic E-state index is 13.0. The molecule has 0 aliphatic carbocycles. The first-order chi connectivity index (χ1) is 6.65. The maximum Gasteiger partial charge on any atom is 0.126 e. The van der Waals surface area contributed by atoms with Gasteiger partial charge in [0.05, 0.1) is 0 Å². The average molecular weight is 196 g/mol. The molecule has 1 aromatic carbocycles. The molecular weight excluding hydrogens is 183 g/mol. The number of aromatic hydroxyl groups is 1. The highest BCUT2D eigenvalue weighted by molar-refractivity contribution is 5.50. The Morgan fingerprint density at radius 1 is 1.57 bits per heavy atom. The highest BCUT2D eigenvalue weighted by Crippen LogP contribution is 2.27. The smallest absolute Gasteiger partial charge is 0.126 e. The van der Waals surface area contributed by atoms with E-state index >= 15 is 0 Å². The molecule has 1 aromatic rings. The van der Waals surface area contributed by atoms with E-state index in [0.717, 1.165) is 11.8 Å². The fourth-order valence-electron chi connectivity index (χ4n) is 1.30. The number of carbonyl (C=O) groups excluding carboxylic acids is 1. The third-order valence-electron chi connectivity index (χ3n) is 2.07. The van der Waals surface area contributed by atoms with Crippen LogP contribution in [0.3, 0.4) is 0 Å². The van der Waals surface area contributed by atoms with Crippen molar-refractivity contribution < 1.29 is 14.3 Å². The summed E-state index contributed by atoms with van der Waals surface area (Å²) in [6, 6.07) is 4.76. The van der Waals surface area contributed by atoms with Crippen molar-refractivity contribution >= 4 is 6.29 Å². The van der Waals surface area contributed by atoms with E-state index in [2.05, 4.69) is 0 Å². The third kappa shape index (κ3) is 2.55. The zero-order chi connectivity index (χ0) is 10.6. The number of halogens is 1. The van der Waals surface area contributed by atoms with E-state index < -0.39 is 6.17 Å². The van der Waals surface area contributed by atoms with Crippen LogP contribution in [0.25, 0.3) is 0 Å². The molecule has 0 spiro atoms. The second-order valence-electron chi connectivity index (χ2n) is 3.21. The van der Waals surface area contributed by atoms with Crippen LogP contribution in [0.1, 0.15) is 30.6 Å². The van der Waals surface area contributed by atoms with E-state index in [1.165, 1.54) is 13.0 Å². The Bertz CT molecular complexity index is 321. The number of aldehydes is 1. The number of rotatable bonds is 4. The predicted molar refractivity (Wildman–Crippen MR) is 52.0 cm³/mol. The van der Waals surface area contributed by atoms with Crippen molar-refractivity contribution in [2.75, 3.05) is 0 Å². The van der Waals surface area contributed by atoms with Crippen LogP contribution in [0.4, 0.5) is 4.39 Å². The quantitative estimate of drug-likeness (QED) is 0.751. The van der Waals surface area contributed by atoms with Gasteiger partial charge < -0.3 is 9.90 Å². The first kappa shape index (κ1) is 10.7. The van der Waals surface area contributed by atoms with Gasteiger partial charge in [-0.2, -0.15) is 0 Å². The summed E-state index contributed by atoms with van der Waals surface area (Å²) in [5, 5.41) is 9.32. The first-order valence-corrected chi connectivity index (χ1v) is 4.54. The topological polar surface area (TPSA) is 37.3 Å². The van der Waals surface area contributed by atoms with Crippen LogP contribution < -0.4 is 0 Å². The summed E-state index contributed by atoms with van der Waals surface area (Å²) in [6.45, 7) is 1.37. The van der Waals surface area contributed by atoms with Crippen LogP contribution in [-0.4, -0.2) is 11.4 Å². The molecule has 3 heteroatoms. The summed E-state index contributed by atoms with van der Waals surface area (Å²) in [7, 11) is 0. The van der Waals surface area contributed by atoms with Crippen LogP contribution in [0.2, 0.25) is 0 Å². The van der Waals surface area contributed by atoms with Crippen molar-refractivity contribution in [3.05, 3.63) is 29.3 Å². The van der Waals surface area contributed by atoms with E-state index in [0.29, 0.717) is 12.8 Å². The van der Waals surface area contributed by atoms with Gasteiger partial charge in [0.25, 0.3) is 0 Å². The number of hydrogen-bond donors (Lipinski definition) is 1. The first-order valence-electron chi connectivity index (χ1n) is 4.54. The molecule has 0 saturated carbocycles. The molecule has 0 bridgehead atoms. The number of phenolic OH excluding ortho intramolecular Hbond substituents is 1. The van der Waals surface area contributed by atoms with Gasteiger partial charge in [-0.3, -0.25) is 0 Å². The summed E-state index contributed by atoms with van der Waals surface area (Å²) in [5.41, 5.74) is 1.16. The number of carbonyl (C=O) groups is 1. The lowest BCUT2D eigenvalue weighted by molar-refractivity contribution is -0.107. The highest BCUT2D eigenvalue weighted by Gasteiger charge is 2.09. The molecule has 0 aliphatic rings. The molecule has 1 unspecified atom stereocenters. The van der Waals surface area contributed by atoms with E-state index in [1.54, 1.807) is 12.1 Å². The Balaban J connectivity index is 2.88. The molecule has 76 valence electrons. The van der Waals surface area contributed by atoms with Crippen molar-refractivity contribution in [3.8, 4) is 5.75 Å². The van der Waals surface area contributed by atoms with Crippen LogP contribution >= 0.6 is 0 Å². The lowest BCUT2D eigenvalue weighted by atomic mass is 10.0. The minimum atomic E-state index is -1.19. The number of aryl methyl sites for hydroxylation is 1. The number of hydrogen-bond acceptors (Lipinski definition) is 2. The molecule has 1 N–H and O–H groups in total. The lowest BCUT2D eigenvalue weighted by Crippen LogP contribution is -1.91. The van der Waals surface area contributed by atoms with Crippen molar-refractivity contribution in [2.45, 2.75) is 25.9 Å². The summed E-state index contributed by atoms with van der Waals surface area (Å²) >= 11 is 0. The predicted octanol–water partition coefficient (Wildman–Crippen LogP) is 2.55. The minimum Gasteiger partial charge on any atom is -0.508 e. The van der Waals surface area contributed by atoms with Gasteiger partial charge in [-0.15, -0.1) is 0 Å². The maximum absolute atomic E-state index is 13.0. The Morgan fingerprint density at radius 3 is 2.86 bits per heavy atom. The standard InChI is InChI=1S/C11H13FO2/c1-8(12)10-7-9(3-2-6-13)4-5-11(10)14/h4-8,14H,2-3H2,1H3. The van der Waals surface area contributed by atoms with Gasteiger partial charge >= 0.3 is 0 Å². The van der Waals surface area contributed by atoms with Crippen molar-refractivity contribution in [2.24, 2.45) is 0 Å². The van der Waals surface area contributed by atoms with Gasteiger partial charge in [0.15, 0.2) is 0 Å². The molecule has 0 aliphatic heterocycles. The van der Waals surface area contributed by atoms with Gasteiger partial charge in [-0.05, 0) is 31.0 Å². The summed E-state index contributed by atoms with van der Waals surface area (Å²) in [4.78, 5) is 10.1. The highest BCUT2D eigenvalue weighted by atomic mass is 19.1. The largest absolute Gasteiger partial charge is 0.508 e. The molecule has 0 heterocycles. The Morgan fingerprint density at radius 2 is 2.29 bits per heavy atom. The molecule has 0 amide bonds. The average Bonchev–Trinajstić information content (AvgIpc) is 2.16. The fraction of sp³-hybridized carbons (Fsp3) is 0.364. The monoisotopic (exact) mass is 196 g/mol. The van der Waals surface area contributed by atoms with E-state index in [-0.39, 0.29) is 11.3 Å². The van der Waals surface area contributed by atoms with Gasteiger partial charge in [-0.25, -0.2) is 4.39 Å². The second kappa shape index (κ2) is 4.74. The summed E-state index contributed by atoms with van der Waals surface area (Å²) < 4.78 is 13.0. The molecule has 14 heavy (non-hydrogen) atoms. The molecule has 1 rings (SSSR count). The molecular formula is C11H13FO2. The lowest BCUT2D eigenvalue weighted by Gasteiger charge is -2.07. The second-order valence-corrected chi connectivity index (χ2v) is 3.21. The van der Waals surface area contributed by atoms with Gasteiger partial charge in [-0.1, -0.05) is 6.07 Å². The van der Waals surface area contributed by atoms with Crippen LogP contribution in [0.15, 0.2) is 18.2 Å². The molecule has 2 nitrogen and oxygen atoms in total. The van der Waals surface area contributed by atoms with Crippen LogP contribution in [0.5, 0.6) is 5.75 Å². The van der Waals surface area contributed by atoms with Crippen molar-refractivity contribution in [1.29, 1.82) is 0 Å². The van der Waals surface area contributed by atoms with E-state index in [1.807, 2.05) is 0 Å². The normalized spacial score (nSPS) is 12.4. The molecule has 0 aromatic heterocycles. The third-order valence-corrected chi connectivity index (χ3v) is 2.07. The number of phenols is 1. The summed E-state index contributed by atoms with van der Waals surface area (Å²) in [5.74, 6) is -0.0325. The number of benzene rings is 1.